The van der Waals surface area contributed by atoms with E-state index in [1.807, 2.05) is 13.8 Å². The first kappa shape index (κ1) is 29.4. The maximum absolute atomic E-state index is 13.4. The van der Waals surface area contributed by atoms with Crippen LogP contribution in [-0.4, -0.2) is 65.1 Å². The van der Waals surface area contributed by atoms with E-state index in [4.69, 9.17) is 15.9 Å². The van der Waals surface area contributed by atoms with Gasteiger partial charge in [-0.15, -0.1) is 6.42 Å². The number of benzene rings is 1. The van der Waals surface area contributed by atoms with E-state index >= 15 is 0 Å². The van der Waals surface area contributed by atoms with E-state index in [-0.39, 0.29) is 30.7 Å². The van der Waals surface area contributed by atoms with Gasteiger partial charge in [0, 0.05) is 17.4 Å². The van der Waals surface area contributed by atoms with Gasteiger partial charge in [0.15, 0.2) is 0 Å². The van der Waals surface area contributed by atoms with Crippen LogP contribution in [0.2, 0.25) is 0 Å². The number of carbonyl (C=O) groups is 4. The molecule has 0 bridgehead atoms. The largest absolute Gasteiger partial charge is 0.480 e. The number of ether oxygens (including phenoxy) is 2. The maximum Gasteiger partial charge on any atom is 0.429 e. The zero-order valence-corrected chi connectivity index (χ0v) is 23.1. The average Bonchev–Trinajstić information content (AvgIpc) is 3.46. The molecule has 2 atom stereocenters. The van der Waals surface area contributed by atoms with Gasteiger partial charge in [0.25, 0.3) is 11.8 Å². The number of aromatic nitrogens is 1. The van der Waals surface area contributed by atoms with E-state index < -0.39 is 35.5 Å². The number of fused-ring (bicyclic) bond motifs is 1. The van der Waals surface area contributed by atoms with E-state index in [0.717, 1.165) is 5.01 Å². The van der Waals surface area contributed by atoms with Crippen molar-refractivity contribution in [1.29, 1.82) is 0 Å². The van der Waals surface area contributed by atoms with Gasteiger partial charge in [-0.05, 0) is 57.7 Å². The number of nitrogens with zero attached hydrogens (tertiary/aromatic N) is 1. The lowest BCUT2D eigenvalue weighted by Crippen LogP contribution is -2.56. The maximum atomic E-state index is 13.4. The van der Waals surface area contributed by atoms with Crippen LogP contribution in [0.15, 0.2) is 24.3 Å². The highest BCUT2D eigenvalue weighted by Crippen LogP contribution is 2.26. The molecule has 11 heteroatoms. The van der Waals surface area contributed by atoms with E-state index in [2.05, 4.69) is 27.0 Å². The van der Waals surface area contributed by atoms with Crippen LogP contribution in [0.3, 0.4) is 0 Å². The molecule has 1 saturated heterocycles. The fourth-order valence-corrected chi connectivity index (χ4v) is 4.17. The number of hydrogen-bond acceptors (Lipinski definition) is 6. The highest BCUT2D eigenvalue weighted by molar-refractivity contribution is 6.01. The molecule has 11 nitrogen and oxygen atoms in total. The van der Waals surface area contributed by atoms with Gasteiger partial charge in [-0.3, -0.25) is 19.8 Å². The van der Waals surface area contributed by atoms with Gasteiger partial charge >= 0.3 is 6.09 Å². The third kappa shape index (κ3) is 8.14. The molecule has 210 valence electrons. The average molecular weight is 540 g/mol. The van der Waals surface area contributed by atoms with Crippen LogP contribution in [-0.2, 0) is 14.3 Å². The molecule has 1 fully saturated rings. The summed E-state index contributed by atoms with van der Waals surface area (Å²) in [7, 11) is 0. The Balaban J connectivity index is 1.79. The lowest BCUT2D eigenvalue weighted by molar-refractivity contribution is -0.130. The van der Waals surface area contributed by atoms with Crippen molar-refractivity contribution in [3.8, 4) is 18.1 Å². The second kappa shape index (κ2) is 12.6. The molecule has 0 aliphatic carbocycles. The van der Waals surface area contributed by atoms with Crippen molar-refractivity contribution in [2.75, 3.05) is 19.7 Å². The Bertz CT molecular complexity index is 1260. The number of nitrogens with one attached hydrogen (secondary N) is 4. The Morgan fingerprint density at radius 3 is 2.62 bits per heavy atom. The summed E-state index contributed by atoms with van der Waals surface area (Å²) in [6.45, 7) is 9.47. The number of amides is 4. The second-order valence-electron chi connectivity index (χ2n) is 10.9. The molecular formula is C28H37N5O6. The number of rotatable bonds is 9. The predicted molar refractivity (Wildman–Crippen MR) is 146 cm³/mol. The minimum absolute atomic E-state index is 0.0446. The van der Waals surface area contributed by atoms with Crippen LogP contribution in [0.1, 0.15) is 57.9 Å². The van der Waals surface area contributed by atoms with E-state index in [0.29, 0.717) is 36.0 Å². The van der Waals surface area contributed by atoms with Gasteiger partial charge in [0.05, 0.1) is 12.5 Å². The van der Waals surface area contributed by atoms with Crippen molar-refractivity contribution in [2.24, 2.45) is 11.8 Å². The summed E-state index contributed by atoms with van der Waals surface area (Å²) < 4.78 is 11.0. The molecule has 0 spiro atoms. The van der Waals surface area contributed by atoms with Gasteiger partial charge < -0.3 is 25.1 Å². The monoisotopic (exact) mass is 539 g/mol. The quantitative estimate of drug-likeness (QED) is 0.285. The topological polar surface area (TPSA) is 142 Å². The summed E-state index contributed by atoms with van der Waals surface area (Å²) in [5.74, 6) is 1.19. The second-order valence-corrected chi connectivity index (χ2v) is 10.9. The molecule has 0 unspecified atom stereocenters. The summed E-state index contributed by atoms with van der Waals surface area (Å²) >= 11 is 0. The summed E-state index contributed by atoms with van der Waals surface area (Å²) in [5.41, 5.74) is 2.67. The zero-order valence-electron chi connectivity index (χ0n) is 23.1. The summed E-state index contributed by atoms with van der Waals surface area (Å²) in [6.07, 6.45) is 5.33. The molecule has 3 rings (SSSR count). The van der Waals surface area contributed by atoms with E-state index in [1.165, 1.54) is 0 Å². The highest BCUT2D eigenvalue weighted by Gasteiger charge is 2.33. The Kier molecular flexibility index (Phi) is 9.46. The molecular weight excluding hydrogens is 502 g/mol. The van der Waals surface area contributed by atoms with Crippen molar-refractivity contribution >= 4 is 34.7 Å². The smallest absolute Gasteiger partial charge is 0.429 e. The molecule has 0 saturated carbocycles. The normalized spacial score (nSPS) is 15.8. The number of carbonyl (C=O) groups excluding carboxylic acids is 4. The molecule has 39 heavy (non-hydrogen) atoms. The van der Waals surface area contributed by atoms with Crippen LogP contribution in [0, 0.1) is 24.2 Å². The molecule has 2 aromatic rings. The lowest BCUT2D eigenvalue weighted by Gasteiger charge is -2.30. The molecule has 4 amide bonds. The van der Waals surface area contributed by atoms with Crippen molar-refractivity contribution in [1.82, 2.24) is 26.1 Å². The molecule has 1 aromatic heterocycles. The third-order valence-electron chi connectivity index (χ3n) is 5.93. The molecule has 2 heterocycles. The number of terminal acetylenes is 1. The van der Waals surface area contributed by atoms with Crippen molar-refractivity contribution in [3.63, 3.8) is 0 Å². The summed E-state index contributed by atoms with van der Waals surface area (Å²) in [6, 6.07) is 5.98. The lowest BCUT2D eigenvalue weighted by atomic mass is 10.0. The Morgan fingerprint density at radius 2 is 2.00 bits per heavy atom. The van der Waals surface area contributed by atoms with Gasteiger partial charge in [-0.2, -0.15) is 0 Å². The first-order valence-corrected chi connectivity index (χ1v) is 13.0. The number of H-pyrrole nitrogens is 1. The molecule has 1 aromatic carbocycles. The van der Waals surface area contributed by atoms with Crippen LogP contribution in [0.4, 0.5) is 4.79 Å². The van der Waals surface area contributed by atoms with Gasteiger partial charge in [-0.1, -0.05) is 25.8 Å². The van der Waals surface area contributed by atoms with Crippen LogP contribution < -0.4 is 20.8 Å². The molecule has 0 radical (unpaired) electrons. The molecule has 1 aliphatic heterocycles. The van der Waals surface area contributed by atoms with Gasteiger partial charge in [0.1, 0.15) is 29.7 Å². The fourth-order valence-electron chi connectivity index (χ4n) is 4.17. The third-order valence-corrected chi connectivity index (χ3v) is 5.93. The van der Waals surface area contributed by atoms with Gasteiger partial charge in [0.2, 0.25) is 5.91 Å². The van der Waals surface area contributed by atoms with Crippen molar-refractivity contribution in [3.05, 3.63) is 30.0 Å². The van der Waals surface area contributed by atoms with Crippen LogP contribution in [0.25, 0.3) is 10.9 Å². The van der Waals surface area contributed by atoms with E-state index in [9.17, 15) is 19.2 Å². The molecule has 1 aliphatic rings. The SMILES string of the molecule is C#CCOc1cccc2[nH]c(C(=O)N[C@@H](CC(C)C)C(=O)NN(C[C@@H]3CCNC3=O)C(=O)OC(C)(C)C)cc12. The number of hydrogen-bond donors (Lipinski definition) is 4. The first-order valence-electron chi connectivity index (χ1n) is 13.0. The molecule has 4 N–H and O–H groups in total. The highest BCUT2D eigenvalue weighted by atomic mass is 16.6. The Hall–Kier alpha value is -4.20. The van der Waals surface area contributed by atoms with Gasteiger partial charge in [-0.25, -0.2) is 9.80 Å². The first-order chi connectivity index (χ1) is 18.4. The Morgan fingerprint density at radius 1 is 1.26 bits per heavy atom. The van der Waals surface area contributed by atoms with Crippen LogP contribution in [0.5, 0.6) is 5.75 Å². The standard InChI is InChI=1S/C28H37N5O6/c1-7-13-38-23-10-8-9-20-19(23)15-22(30-20)25(35)31-21(14-17(2)3)26(36)32-33(27(37)39-28(4,5)6)16-18-11-12-29-24(18)34/h1,8-10,15,17-18,21,30H,11-14,16H2,2-6H3,(H,29,34)(H,31,35)(H,32,36)/t18-,21-/m0/s1. The number of aromatic amines is 1. The van der Waals surface area contributed by atoms with Crippen molar-refractivity contribution < 1.29 is 28.7 Å². The summed E-state index contributed by atoms with van der Waals surface area (Å²) in [5, 5.41) is 7.18. The minimum Gasteiger partial charge on any atom is -0.480 e. The fraction of sp³-hybridized carbons (Fsp3) is 0.500. The minimum atomic E-state index is -0.969. The Labute approximate surface area is 228 Å². The van der Waals surface area contributed by atoms with E-state index in [1.54, 1.807) is 45.0 Å². The summed E-state index contributed by atoms with van der Waals surface area (Å²) in [4.78, 5) is 54.7. The number of hydrazine groups is 1. The van der Waals surface area contributed by atoms with Crippen LogP contribution >= 0.6 is 0 Å². The van der Waals surface area contributed by atoms with Crippen molar-refractivity contribution in [2.45, 2.75) is 59.1 Å². The zero-order chi connectivity index (χ0) is 28.7. The predicted octanol–water partition coefficient (Wildman–Crippen LogP) is 2.73.